The molecule has 5 aliphatic rings. The van der Waals surface area contributed by atoms with Crippen LogP contribution in [0.3, 0.4) is 0 Å². The Morgan fingerprint density at radius 1 is 0.726 bits per heavy atom. The van der Waals surface area contributed by atoms with Gasteiger partial charge in [-0.3, -0.25) is 28.8 Å². The normalized spacial score (nSPS) is 26.2. The molecule has 4 fully saturated rings. The highest BCUT2D eigenvalue weighted by Gasteiger charge is 2.62. The van der Waals surface area contributed by atoms with Gasteiger partial charge in [0, 0.05) is 49.3 Å². The summed E-state index contributed by atoms with van der Waals surface area (Å²) < 4.78 is 5.60. The van der Waals surface area contributed by atoms with Crippen LogP contribution in [-0.4, -0.2) is 115 Å². The van der Waals surface area contributed by atoms with Crippen LogP contribution in [0.2, 0.25) is 0 Å². The first-order valence-corrected chi connectivity index (χ1v) is 20.9. The lowest BCUT2D eigenvalue weighted by Gasteiger charge is -2.21. The van der Waals surface area contributed by atoms with Gasteiger partial charge >= 0.3 is 6.09 Å². The van der Waals surface area contributed by atoms with E-state index in [0.29, 0.717) is 18.7 Å². The summed E-state index contributed by atoms with van der Waals surface area (Å²) >= 11 is 0. The summed E-state index contributed by atoms with van der Waals surface area (Å²) in [5.41, 5.74) is 10.5. The van der Waals surface area contributed by atoms with Crippen molar-refractivity contribution >= 4 is 41.5 Å². The standard InChI is InChI=1S/C44H51N9O9/c1-20(40(57)52-35-28-16-46-37(33(28)35)42(59)48-18-32(55)51-31(39(45)56)15-22-11-13-23(54)14-12-22)49-43(60)38-34-29(17-47-38)36(34)53-41(58)21(2)50-44(61)62-19-30-26-9-5-3-7-24(26)25-8-4-6-10-27(25)30/h3-14,20-21,28-31,33-38,46-47,54H,15-19H2,1-2H3,(H2,45,56)(H,48,59)(H,49,60)(H,50,61)(H,51,55)(H,52,57)(H,53,58)/t20-,21-,28-,29-,31-,33+,34+,35+,36+,37-,38-/m0/s1. The van der Waals surface area contributed by atoms with Crippen molar-refractivity contribution in [1.82, 2.24) is 42.5 Å². The number of benzene rings is 3. The number of piperidine rings is 2. The monoisotopic (exact) mass is 849 g/mol. The summed E-state index contributed by atoms with van der Waals surface area (Å²) in [6.45, 7) is 3.83. The molecule has 11 N–H and O–H groups in total. The fraction of sp³-hybridized carbons (Fsp3) is 0.432. The van der Waals surface area contributed by atoms with Gasteiger partial charge in [0.1, 0.15) is 30.5 Å². The van der Waals surface area contributed by atoms with Gasteiger partial charge in [0.2, 0.25) is 35.4 Å². The summed E-state index contributed by atoms with van der Waals surface area (Å²) in [7, 11) is 0. The number of nitrogens with one attached hydrogen (secondary N) is 8. The van der Waals surface area contributed by atoms with Crippen molar-refractivity contribution in [1.29, 1.82) is 0 Å². The third-order valence-electron chi connectivity index (χ3n) is 12.9. The average molecular weight is 850 g/mol. The molecule has 18 heteroatoms. The fourth-order valence-electron chi connectivity index (χ4n) is 9.42. The maximum Gasteiger partial charge on any atom is 0.407 e. The lowest BCUT2D eigenvalue weighted by atomic mass is 9.98. The van der Waals surface area contributed by atoms with Gasteiger partial charge in [-0.2, -0.15) is 0 Å². The van der Waals surface area contributed by atoms with Crippen molar-refractivity contribution in [2.45, 2.75) is 68.5 Å². The second-order valence-corrected chi connectivity index (χ2v) is 16.9. The smallest absolute Gasteiger partial charge is 0.407 e. The molecule has 11 atom stereocenters. The first kappa shape index (κ1) is 42.2. The van der Waals surface area contributed by atoms with Crippen molar-refractivity contribution in [3.63, 3.8) is 0 Å². The molecule has 2 saturated carbocycles. The largest absolute Gasteiger partial charge is 0.508 e. The Bertz CT molecular complexity index is 2230. The van der Waals surface area contributed by atoms with E-state index in [9.17, 15) is 38.7 Å². The van der Waals surface area contributed by atoms with Gasteiger partial charge in [0.25, 0.3) is 0 Å². The number of fused-ring (bicyclic) bond motifs is 5. The lowest BCUT2D eigenvalue weighted by molar-refractivity contribution is -0.130. The zero-order chi connectivity index (χ0) is 43.8. The highest BCUT2D eigenvalue weighted by Crippen LogP contribution is 2.47. The third-order valence-corrected chi connectivity index (χ3v) is 12.9. The molecule has 0 bridgehead atoms. The molecule has 3 aliphatic carbocycles. The van der Waals surface area contributed by atoms with Gasteiger partial charge in [-0.05, 0) is 65.6 Å². The number of carbonyl (C=O) groups excluding carboxylic acids is 7. The molecule has 0 spiro atoms. The number of phenols is 1. The average Bonchev–Trinajstić information content (AvgIpc) is 3.83. The first-order chi connectivity index (χ1) is 29.8. The fourth-order valence-corrected chi connectivity index (χ4v) is 9.42. The van der Waals surface area contributed by atoms with Crippen LogP contribution in [0, 0.1) is 23.7 Å². The van der Waals surface area contributed by atoms with Crippen LogP contribution in [0.5, 0.6) is 5.75 Å². The molecule has 0 unspecified atom stereocenters. The van der Waals surface area contributed by atoms with Crippen molar-refractivity contribution in [2.24, 2.45) is 29.4 Å². The topological polar surface area (TPSA) is 271 Å². The number of aromatic hydroxyl groups is 1. The molecule has 2 saturated heterocycles. The number of rotatable bonds is 16. The van der Waals surface area contributed by atoms with Gasteiger partial charge in [-0.25, -0.2) is 4.79 Å². The van der Waals surface area contributed by atoms with Crippen molar-refractivity contribution in [2.75, 3.05) is 26.2 Å². The van der Waals surface area contributed by atoms with E-state index in [4.69, 9.17) is 10.5 Å². The van der Waals surface area contributed by atoms with Crippen LogP contribution in [0.1, 0.15) is 36.5 Å². The van der Waals surface area contributed by atoms with E-state index >= 15 is 0 Å². The van der Waals surface area contributed by atoms with Crippen molar-refractivity contribution in [3.05, 3.63) is 89.5 Å². The number of phenolic OH excluding ortho intramolecular Hbond substituents is 1. The number of alkyl carbamates (subject to hydrolysis) is 1. The van der Waals surface area contributed by atoms with Crippen LogP contribution < -0.4 is 48.3 Å². The SMILES string of the molecule is C[C@H](NC(=O)OCC1c2ccccc2-c2ccccc21)C(=O)N[C@@H]1[C@H]2CN[C@H](C(=O)N[C@@H](C)C(=O)N[C@@H]3[C@H]4CN[C@H](C(=O)NCC(=O)N[C@@H](Cc5ccc(O)cc5)C(N)=O)[C@H]43)[C@H]21. The Balaban J connectivity index is 0.737. The zero-order valence-corrected chi connectivity index (χ0v) is 34.2. The van der Waals surface area contributed by atoms with Gasteiger partial charge in [-0.15, -0.1) is 0 Å². The quantitative estimate of drug-likeness (QED) is 0.0823. The van der Waals surface area contributed by atoms with Gasteiger partial charge in [-0.1, -0.05) is 60.7 Å². The van der Waals surface area contributed by atoms with Gasteiger partial charge < -0.3 is 58.1 Å². The number of nitrogens with two attached hydrogens (primary N) is 1. The van der Waals surface area contributed by atoms with E-state index in [1.54, 1.807) is 26.0 Å². The second kappa shape index (κ2) is 17.4. The number of carbonyl (C=O) groups is 7. The van der Waals surface area contributed by atoms with E-state index in [2.05, 4.69) is 54.7 Å². The molecular weight excluding hydrogens is 799 g/mol. The minimum absolute atomic E-state index is 0.00916. The highest BCUT2D eigenvalue weighted by atomic mass is 16.5. The van der Waals surface area contributed by atoms with E-state index in [1.165, 1.54) is 12.1 Å². The maximum absolute atomic E-state index is 13.3. The summed E-state index contributed by atoms with van der Waals surface area (Å²) in [6.07, 6.45) is -0.603. The molecular formula is C44H51N9O9. The summed E-state index contributed by atoms with van der Waals surface area (Å²) in [4.78, 5) is 90.1. The molecule has 2 heterocycles. The molecule has 0 radical (unpaired) electrons. The molecule has 0 aromatic heterocycles. The first-order valence-electron chi connectivity index (χ1n) is 20.9. The van der Waals surface area contributed by atoms with E-state index in [-0.39, 0.29) is 66.4 Å². The summed E-state index contributed by atoms with van der Waals surface area (Å²) in [5.74, 6) is -3.44. The Labute approximate surface area is 357 Å². The second-order valence-electron chi connectivity index (χ2n) is 16.9. The molecule has 8 rings (SSSR count). The molecule has 3 aromatic carbocycles. The third kappa shape index (κ3) is 8.78. The zero-order valence-electron chi connectivity index (χ0n) is 34.2. The maximum atomic E-state index is 13.3. The Morgan fingerprint density at radius 3 is 1.82 bits per heavy atom. The van der Waals surface area contributed by atoms with Crippen molar-refractivity contribution in [3.8, 4) is 16.9 Å². The molecule has 18 nitrogen and oxygen atoms in total. The summed E-state index contributed by atoms with van der Waals surface area (Å²) in [5, 5.41) is 32.2. The van der Waals surface area contributed by atoms with Crippen LogP contribution in [0.15, 0.2) is 72.8 Å². The van der Waals surface area contributed by atoms with E-state index in [1.807, 2.05) is 36.4 Å². The van der Waals surface area contributed by atoms with E-state index < -0.39 is 72.4 Å². The molecule has 326 valence electrons. The van der Waals surface area contributed by atoms with Crippen LogP contribution in [0.25, 0.3) is 11.1 Å². The molecule has 2 aliphatic heterocycles. The molecule has 3 aromatic rings. The Kier molecular flexibility index (Phi) is 11.9. The minimum Gasteiger partial charge on any atom is -0.508 e. The van der Waals surface area contributed by atoms with Crippen molar-refractivity contribution < 1.29 is 43.4 Å². The number of amides is 7. The number of ether oxygens (including phenoxy) is 1. The predicted molar refractivity (Wildman–Crippen MR) is 223 cm³/mol. The Morgan fingerprint density at radius 2 is 1.26 bits per heavy atom. The molecule has 62 heavy (non-hydrogen) atoms. The number of hydrogen-bond acceptors (Lipinski definition) is 11. The minimum atomic E-state index is -1.02. The van der Waals surface area contributed by atoms with Gasteiger partial charge in [0.15, 0.2) is 0 Å². The number of primary amides is 1. The van der Waals surface area contributed by atoms with Crippen LogP contribution in [0.4, 0.5) is 4.79 Å². The van der Waals surface area contributed by atoms with Crippen LogP contribution >= 0.6 is 0 Å². The lowest BCUT2D eigenvalue weighted by Crippen LogP contribution is -2.54. The van der Waals surface area contributed by atoms with Gasteiger partial charge in [0.05, 0.1) is 18.6 Å². The highest BCUT2D eigenvalue weighted by molar-refractivity contribution is 5.93. The van der Waals surface area contributed by atoms with E-state index in [0.717, 1.165) is 22.3 Å². The predicted octanol–water partition coefficient (Wildman–Crippen LogP) is -1.14. The Hall–Kier alpha value is -6.53. The summed E-state index contributed by atoms with van der Waals surface area (Å²) in [6, 6.07) is 17.5. The van der Waals surface area contributed by atoms with Crippen LogP contribution in [-0.2, 0) is 39.9 Å². The number of hydrogen-bond donors (Lipinski definition) is 10. The molecule has 7 amide bonds.